The molecule has 10 heavy (non-hydrogen) atoms. The van der Waals surface area contributed by atoms with Gasteiger partial charge in [0.25, 0.3) is 0 Å². The van der Waals surface area contributed by atoms with Crippen molar-refractivity contribution in [1.29, 1.82) is 0 Å². The zero-order chi connectivity index (χ0) is 7.56. The molecule has 0 saturated carbocycles. The molecule has 1 aliphatic heterocycles. The van der Waals surface area contributed by atoms with Gasteiger partial charge in [0.15, 0.2) is 0 Å². The fourth-order valence-electron chi connectivity index (χ4n) is 0.872. The summed E-state index contributed by atoms with van der Waals surface area (Å²) in [6, 6.07) is 0. The van der Waals surface area contributed by atoms with Gasteiger partial charge in [-0.15, -0.1) is 0 Å². The van der Waals surface area contributed by atoms with Crippen molar-refractivity contribution in [2.45, 2.75) is 18.6 Å². The monoisotopic (exact) mass is 146 g/mol. The lowest BCUT2D eigenvalue weighted by atomic mass is 10.1. The lowest BCUT2D eigenvalue weighted by molar-refractivity contribution is -0.165. The van der Waals surface area contributed by atoms with E-state index >= 15 is 0 Å². The Morgan fingerprint density at radius 1 is 1.80 bits per heavy atom. The second kappa shape index (κ2) is 2.98. The number of hydrogen-bond acceptors (Lipinski definition) is 4. The third kappa shape index (κ3) is 1.46. The third-order valence-corrected chi connectivity index (χ3v) is 1.52. The number of hydrogen-bond donors (Lipinski definition) is 1. The van der Waals surface area contributed by atoms with Crippen LogP contribution in [0, 0.1) is 0 Å². The summed E-state index contributed by atoms with van der Waals surface area (Å²) >= 11 is 0. The first kappa shape index (κ1) is 7.50. The van der Waals surface area contributed by atoms with Crippen molar-refractivity contribution in [3.63, 3.8) is 0 Å². The summed E-state index contributed by atoms with van der Waals surface area (Å²) < 4.78 is 9.45. The number of cyclic esters (lactones) is 1. The van der Waals surface area contributed by atoms with Gasteiger partial charge in [0.05, 0.1) is 12.5 Å². The lowest BCUT2D eigenvalue weighted by Gasteiger charge is -2.25. The van der Waals surface area contributed by atoms with Crippen molar-refractivity contribution < 1.29 is 19.4 Å². The van der Waals surface area contributed by atoms with Crippen LogP contribution in [0.3, 0.4) is 0 Å². The fraction of sp³-hybridized carbons (Fsp3) is 0.833. The highest BCUT2D eigenvalue weighted by Crippen LogP contribution is 2.10. The van der Waals surface area contributed by atoms with Gasteiger partial charge < -0.3 is 14.6 Å². The molecule has 2 atom stereocenters. The maximum absolute atomic E-state index is 10.5. The van der Waals surface area contributed by atoms with Crippen LogP contribution >= 0.6 is 0 Å². The molecule has 0 aromatic heterocycles. The number of aliphatic hydroxyl groups is 1. The van der Waals surface area contributed by atoms with E-state index in [1.165, 1.54) is 7.11 Å². The average Bonchev–Trinajstić information content (AvgIpc) is 1.88. The standard InChI is InChI=1S/C6H10O4/c1-9-5-3-10-6(8)2-4(5)7/h4-5,7H,2-3H2,1H3/t4-,5-/m0/s1. The largest absolute Gasteiger partial charge is 0.463 e. The summed E-state index contributed by atoms with van der Waals surface area (Å²) in [5, 5.41) is 9.11. The molecule has 0 amide bonds. The molecule has 0 radical (unpaired) electrons. The Bertz CT molecular complexity index is 134. The third-order valence-electron chi connectivity index (χ3n) is 1.52. The first-order valence-electron chi connectivity index (χ1n) is 3.10. The number of aliphatic hydroxyl groups excluding tert-OH is 1. The number of ether oxygens (including phenoxy) is 2. The van der Waals surface area contributed by atoms with E-state index in [9.17, 15) is 4.79 Å². The molecule has 0 aliphatic carbocycles. The molecule has 4 nitrogen and oxygen atoms in total. The second-order valence-electron chi connectivity index (χ2n) is 2.23. The quantitative estimate of drug-likeness (QED) is 0.497. The molecule has 1 aliphatic rings. The molecule has 0 aromatic carbocycles. The van der Waals surface area contributed by atoms with Crippen LogP contribution in [-0.2, 0) is 14.3 Å². The number of carbonyl (C=O) groups excluding carboxylic acids is 1. The zero-order valence-electron chi connectivity index (χ0n) is 5.74. The average molecular weight is 146 g/mol. The Morgan fingerprint density at radius 3 is 3.00 bits per heavy atom. The summed E-state index contributed by atoms with van der Waals surface area (Å²) in [6.07, 6.45) is -1.01. The highest BCUT2D eigenvalue weighted by Gasteiger charge is 2.28. The van der Waals surface area contributed by atoms with Crippen LogP contribution in [0.15, 0.2) is 0 Å². The molecule has 0 unspecified atom stereocenters. The molecule has 1 rings (SSSR count). The van der Waals surface area contributed by atoms with Gasteiger partial charge in [-0.25, -0.2) is 0 Å². The van der Waals surface area contributed by atoms with Crippen molar-refractivity contribution in [3.05, 3.63) is 0 Å². The van der Waals surface area contributed by atoms with Crippen LogP contribution in [0.1, 0.15) is 6.42 Å². The first-order chi connectivity index (χ1) is 4.74. The summed E-state index contributed by atoms with van der Waals surface area (Å²) in [5.41, 5.74) is 0. The summed E-state index contributed by atoms with van der Waals surface area (Å²) in [4.78, 5) is 10.5. The SMILES string of the molecule is CO[C@H]1COC(=O)C[C@@H]1O. The van der Waals surface area contributed by atoms with E-state index in [0.717, 1.165) is 0 Å². The van der Waals surface area contributed by atoms with Crippen LogP contribution in [0.2, 0.25) is 0 Å². The number of methoxy groups -OCH3 is 1. The van der Waals surface area contributed by atoms with E-state index in [2.05, 4.69) is 4.74 Å². The highest BCUT2D eigenvalue weighted by atomic mass is 16.6. The second-order valence-corrected chi connectivity index (χ2v) is 2.23. The smallest absolute Gasteiger partial charge is 0.308 e. The Labute approximate surface area is 58.7 Å². The predicted molar refractivity (Wildman–Crippen MR) is 32.4 cm³/mol. The van der Waals surface area contributed by atoms with Gasteiger partial charge in [-0.2, -0.15) is 0 Å². The van der Waals surface area contributed by atoms with Gasteiger partial charge in [-0.3, -0.25) is 4.79 Å². The predicted octanol–water partition coefficient (Wildman–Crippen LogP) is -0.691. The molecule has 1 heterocycles. The van der Waals surface area contributed by atoms with Crippen molar-refractivity contribution in [1.82, 2.24) is 0 Å². The Hall–Kier alpha value is -0.610. The van der Waals surface area contributed by atoms with Crippen LogP contribution in [0.4, 0.5) is 0 Å². The van der Waals surface area contributed by atoms with Crippen molar-refractivity contribution in [2.75, 3.05) is 13.7 Å². The first-order valence-corrected chi connectivity index (χ1v) is 3.10. The molecule has 0 spiro atoms. The van der Waals surface area contributed by atoms with Crippen LogP contribution < -0.4 is 0 Å². The van der Waals surface area contributed by atoms with E-state index in [1.54, 1.807) is 0 Å². The molecular formula is C6H10O4. The van der Waals surface area contributed by atoms with Crippen molar-refractivity contribution in [2.24, 2.45) is 0 Å². The summed E-state index contributed by atoms with van der Waals surface area (Å²) in [7, 11) is 1.48. The van der Waals surface area contributed by atoms with Crippen LogP contribution in [0.5, 0.6) is 0 Å². The van der Waals surface area contributed by atoms with Crippen molar-refractivity contribution >= 4 is 5.97 Å². The molecule has 1 fully saturated rings. The van der Waals surface area contributed by atoms with E-state index < -0.39 is 6.10 Å². The van der Waals surface area contributed by atoms with E-state index in [-0.39, 0.29) is 25.1 Å². The minimum atomic E-state index is -0.703. The molecule has 1 N–H and O–H groups in total. The van der Waals surface area contributed by atoms with Gasteiger partial charge in [-0.1, -0.05) is 0 Å². The van der Waals surface area contributed by atoms with Gasteiger partial charge in [0.1, 0.15) is 12.7 Å². The lowest BCUT2D eigenvalue weighted by Crippen LogP contribution is -2.40. The molecule has 0 bridgehead atoms. The number of carbonyl (C=O) groups is 1. The molecule has 58 valence electrons. The van der Waals surface area contributed by atoms with Crippen LogP contribution in [0.25, 0.3) is 0 Å². The van der Waals surface area contributed by atoms with Gasteiger partial charge in [-0.05, 0) is 0 Å². The van der Waals surface area contributed by atoms with Gasteiger partial charge >= 0.3 is 5.97 Å². The molecule has 1 saturated heterocycles. The highest BCUT2D eigenvalue weighted by molar-refractivity contribution is 5.70. The summed E-state index contributed by atoms with van der Waals surface area (Å²) in [5.74, 6) is -0.360. The minimum Gasteiger partial charge on any atom is -0.463 e. The summed E-state index contributed by atoms with van der Waals surface area (Å²) in [6.45, 7) is 0.163. The molecular weight excluding hydrogens is 136 g/mol. The maximum atomic E-state index is 10.5. The topological polar surface area (TPSA) is 55.8 Å². The Morgan fingerprint density at radius 2 is 2.50 bits per heavy atom. The Balaban J connectivity index is 2.43. The minimum absolute atomic E-state index is 0.0402. The van der Waals surface area contributed by atoms with Gasteiger partial charge in [0.2, 0.25) is 0 Å². The van der Waals surface area contributed by atoms with Crippen LogP contribution in [-0.4, -0.2) is 37.0 Å². The number of rotatable bonds is 1. The number of esters is 1. The van der Waals surface area contributed by atoms with E-state index in [1.807, 2.05) is 0 Å². The normalized spacial score (nSPS) is 33.6. The fourth-order valence-corrected chi connectivity index (χ4v) is 0.872. The van der Waals surface area contributed by atoms with E-state index in [0.29, 0.717) is 0 Å². The van der Waals surface area contributed by atoms with E-state index in [4.69, 9.17) is 9.84 Å². The zero-order valence-corrected chi connectivity index (χ0v) is 5.74. The van der Waals surface area contributed by atoms with Gasteiger partial charge in [0, 0.05) is 7.11 Å². The molecule has 4 heteroatoms. The maximum Gasteiger partial charge on any atom is 0.308 e. The molecule has 0 aromatic rings. The van der Waals surface area contributed by atoms with Crippen molar-refractivity contribution in [3.8, 4) is 0 Å². The Kier molecular flexibility index (Phi) is 2.24.